The minimum absolute atomic E-state index is 0.178. The number of fused-ring (bicyclic) bond motifs is 2. The molecule has 2 bridgehead atoms. The van der Waals surface area contributed by atoms with Crippen LogP contribution in [0.25, 0.3) is 0 Å². The van der Waals surface area contributed by atoms with Crippen molar-refractivity contribution >= 4 is 6.41 Å². The third-order valence-corrected chi connectivity index (χ3v) is 6.51. The lowest BCUT2D eigenvalue weighted by Crippen LogP contribution is -2.42. The zero-order valence-electron chi connectivity index (χ0n) is 19.0. The van der Waals surface area contributed by atoms with Gasteiger partial charge in [-0.2, -0.15) is 0 Å². The summed E-state index contributed by atoms with van der Waals surface area (Å²) >= 11 is 0. The van der Waals surface area contributed by atoms with Gasteiger partial charge in [-0.1, -0.05) is 43.5 Å². The normalized spacial score (nSPS) is 25.4. The molecule has 1 aromatic rings. The number of methoxy groups -OCH3 is 1. The van der Waals surface area contributed by atoms with Crippen LogP contribution in [0.1, 0.15) is 38.5 Å². The smallest absolute Gasteiger partial charge is 0.209 e. The first-order valence-electron chi connectivity index (χ1n) is 11.1. The summed E-state index contributed by atoms with van der Waals surface area (Å²) < 4.78 is 17.3. The molecular weight excluding hydrogens is 391 g/mol. The van der Waals surface area contributed by atoms with Gasteiger partial charge in [0.1, 0.15) is 5.82 Å². The van der Waals surface area contributed by atoms with Gasteiger partial charge in [0.25, 0.3) is 0 Å². The van der Waals surface area contributed by atoms with E-state index in [1.54, 1.807) is 23.1 Å². The molecule has 2 saturated heterocycles. The van der Waals surface area contributed by atoms with E-state index in [1.165, 1.54) is 49.0 Å². The van der Waals surface area contributed by atoms with Gasteiger partial charge in [0, 0.05) is 32.3 Å². The summed E-state index contributed by atoms with van der Waals surface area (Å²) in [6.07, 6.45) is 12.3. The second-order valence-electron chi connectivity index (χ2n) is 8.28. The average molecular weight is 429 g/mol. The first-order valence-corrected chi connectivity index (χ1v) is 11.1. The Kier molecular flexibility index (Phi) is 10.7. The molecule has 4 nitrogen and oxygen atoms in total. The van der Waals surface area contributed by atoms with Gasteiger partial charge in [-0.05, 0) is 68.9 Å². The highest BCUT2D eigenvalue weighted by atomic mass is 19.1. The van der Waals surface area contributed by atoms with Gasteiger partial charge in [-0.15, -0.1) is 0 Å². The van der Waals surface area contributed by atoms with E-state index in [0.717, 1.165) is 44.4 Å². The van der Waals surface area contributed by atoms with Crippen molar-refractivity contribution in [3.8, 4) is 0 Å². The van der Waals surface area contributed by atoms with Gasteiger partial charge in [0.2, 0.25) is 6.41 Å². The Bertz CT molecular complexity index is 698. The molecule has 2 fully saturated rings. The molecule has 1 amide bonds. The maximum Gasteiger partial charge on any atom is 0.209 e. The fourth-order valence-corrected chi connectivity index (χ4v) is 4.50. The molecule has 0 aromatic heterocycles. The molecule has 5 heteroatoms. The Morgan fingerprint density at radius 1 is 1.00 bits per heavy atom. The molecule has 3 aliphatic heterocycles. The van der Waals surface area contributed by atoms with Gasteiger partial charge in [0.15, 0.2) is 0 Å². The van der Waals surface area contributed by atoms with E-state index < -0.39 is 0 Å². The number of piperidine rings is 1. The highest BCUT2D eigenvalue weighted by molar-refractivity contribution is 5.48. The second kappa shape index (κ2) is 13.2. The molecule has 0 aliphatic carbocycles. The number of hydrogen-bond acceptors (Lipinski definition) is 3. The lowest BCUT2D eigenvalue weighted by Gasteiger charge is -2.35. The summed E-state index contributed by atoms with van der Waals surface area (Å²) in [5.41, 5.74) is 2.44. The van der Waals surface area contributed by atoms with Gasteiger partial charge >= 0.3 is 0 Å². The van der Waals surface area contributed by atoms with E-state index in [0.29, 0.717) is 6.10 Å². The van der Waals surface area contributed by atoms with Crippen LogP contribution in [0.15, 0.2) is 66.8 Å². The summed E-state index contributed by atoms with van der Waals surface area (Å²) in [6, 6.07) is 9.57. The van der Waals surface area contributed by atoms with Crippen LogP contribution in [0.4, 0.5) is 4.39 Å². The second-order valence-corrected chi connectivity index (χ2v) is 8.28. The van der Waals surface area contributed by atoms with E-state index in [2.05, 4.69) is 25.1 Å². The molecule has 4 rings (SSSR count). The minimum Gasteiger partial charge on any atom is -0.381 e. The van der Waals surface area contributed by atoms with E-state index in [-0.39, 0.29) is 5.82 Å². The number of amides is 1. The highest BCUT2D eigenvalue weighted by Crippen LogP contribution is 2.35. The zero-order valence-corrected chi connectivity index (χ0v) is 19.0. The van der Waals surface area contributed by atoms with Crippen molar-refractivity contribution in [3.63, 3.8) is 0 Å². The number of hydrogen-bond donors (Lipinski definition) is 0. The summed E-state index contributed by atoms with van der Waals surface area (Å²) in [5.74, 6) is -0.178. The lowest BCUT2D eigenvalue weighted by molar-refractivity contribution is -0.118. The van der Waals surface area contributed by atoms with Crippen LogP contribution in [0.3, 0.4) is 0 Å². The van der Waals surface area contributed by atoms with Gasteiger partial charge in [-0.25, -0.2) is 4.39 Å². The number of halogens is 1. The van der Waals surface area contributed by atoms with Crippen molar-refractivity contribution < 1.29 is 13.9 Å². The maximum atomic E-state index is 11.9. The molecular formula is C26H37FN2O2. The summed E-state index contributed by atoms with van der Waals surface area (Å²) in [6.45, 7) is 9.11. The first kappa shape index (κ1) is 25.0. The molecule has 0 spiro atoms. The quantitative estimate of drug-likeness (QED) is 0.634. The monoisotopic (exact) mass is 428 g/mol. The number of rotatable bonds is 4. The molecule has 170 valence electrons. The Labute approximate surface area is 187 Å². The van der Waals surface area contributed by atoms with Crippen LogP contribution in [-0.4, -0.2) is 61.6 Å². The third kappa shape index (κ3) is 7.75. The Hall–Kier alpha value is -2.24. The summed E-state index contributed by atoms with van der Waals surface area (Å²) in [5, 5.41) is 0. The fraction of sp³-hybridized carbons (Fsp3) is 0.500. The van der Waals surface area contributed by atoms with Crippen molar-refractivity contribution in [2.75, 3.05) is 27.2 Å². The SMILES string of the molecule is C=CC1=C(C=C)CCN(C=O)CC1.COC1CC2CCC(C1)N2C.Fc1ccccc1. The molecule has 3 heterocycles. The minimum atomic E-state index is -0.178. The van der Waals surface area contributed by atoms with Crippen molar-refractivity contribution in [3.05, 3.63) is 72.6 Å². The van der Waals surface area contributed by atoms with E-state index in [9.17, 15) is 9.18 Å². The van der Waals surface area contributed by atoms with E-state index in [4.69, 9.17) is 4.74 Å². The highest BCUT2D eigenvalue weighted by Gasteiger charge is 2.38. The van der Waals surface area contributed by atoms with Gasteiger partial charge in [0.05, 0.1) is 6.10 Å². The Balaban J connectivity index is 0.000000172. The van der Waals surface area contributed by atoms with E-state index in [1.807, 2.05) is 19.3 Å². The predicted octanol–water partition coefficient (Wildman–Crippen LogP) is 4.99. The number of allylic oxidation sites excluding steroid dienone is 2. The molecule has 2 atom stereocenters. The fourth-order valence-electron chi connectivity index (χ4n) is 4.50. The van der Waals surface area contributed by atoms with Gasteiger partial charge in [-0.3, -0.25) is 4.79 Å². The first-order chi connectivity index (χ1) is 15.0. The average Bonchev–Trinajstić information content (AvgIpc) is 2.99. The number of carbonyl (C=O) groups is 1. The maximum absolute atomic E-state index is 11.9. The van der Waals surface area contributed by atoms with Crippen LogP contribution in [-0.2, 0) is 9.53 Å². The number of benzene rings is 1. The van der Waals surface area contributed by atoms with Crippen molar-refractivity contribution in [1.82, 2.24) is 9.80 Å². The third-order valence-electron chi connectivity index (χ3n) is 6.51. The molecule has 0 radical (unpaired) electrons. The molecule has 31 heavy (non-hydrogen) atoms. The number of carbonyl (C=O) groups excluding carboxylic acids is 1. The number of ether oxygens (including phenoxy) is 1. The molecule has 0 saturated carbocycles. The van der Waals surface area contributed by atoms with Crippen molar-refractivity contribution in [1.29, 1.82) is 0 Å². The number of nitrogens with zero attached hydrogens (tertiary/aromatic N) is 2. The standard InChI is InChI=1S/C11H15NO.C9H17NO.C6H5F/c1-3-10-5-7-12(9-13)8-6-11(10)4-2;1-10-7-3-4-8(10)6-9(5-7)11-2;7-6-4-2-1-3-5-6/h3-4,9H,1-2,5-8H2;7-9H,3-6H2,1-2H3;1-5H. The largest absolute Gasteiger partial charge is 0.381 e. The molecule has 1 aromatic carbocycles. The van der Waals surface area contributed by atoms with E-state index >= 15 is 0 Å². The van der Waals surface area contributed by atoms with Crippen molar-refractivity contribution in [2.24, 2.45) is 0 Å². The van der Waals surface area contributed by atoms with Crippen molar-refractivity contribution in [2.45, 2.75) is 56.7 Å². The van der Waals surface area contributed by atoms with Gasteiger partial charge < -0.3 is 14.5 Å². The van der Waals surface area contributed by atoms with Crippen LogP contribution in [0.2, 0.25) is 0 Å². The van der Waals surface area contributed by atoms with Crippen LogP contribution < -0.4 is 0 Å². The topological polar surface area (TPSA) is 32.8 Å². The molecule has 3 aliphatic rings. The summed E-state index contributed by atoms with van der Waals surface area (Å²) in [7, 11) is 4.10. The predicted molar refractivity (Wildman–Crippen MR) is 125 cm³/mol. The van der Waals surface area contributed by atoms with Crippen LogP contribution in [0, 0.1) is 5.82 Å². The Morgan fingerprint density at radius 2 is 1.52 bits per heavy atom. The summed E-state index contributed by atoms with van der Waals surface area (Å²) in [4.78, 5) is 14.9. The van der Waals surface area contributed by atoms with Crippen LogP contribution in [0.5, 0.6) is 0 Å². The zero-order chi connectivity index (χ0) is 22.6. The lowest BCUT2D eigenvalue weighted by atomic mass is 10.0. The Morgan fingerprint density at radius 3 is 1.87 bits per heavy atom. The van der Waals surface area contributed by atoms with Crippen LogP contribution >= 0.6 is 0 Å². The molecule has 2 unspecified atom stereocenters. The molecule has 0 N–H and O–H groups in total.